The zero-order valence-corrected chi connectivity index (χ0v) is 9.24. The van der Waals surface area contributed by atoms with E-state index in [1.165, 1.54) is 19.3 Å². The van der Waals surface area contributed by atoms with Crippen molar-refractivity contribution >= 4 is 0 Å². The second kappa shape index (κ2) is 2.48. The van der Waals surface area contributed by atoms with Crippen molar-refractivity contribution in [1.82, 2.24) is 5.32 Å². The molecule has 1 saturated carbocycles. The van der Waals surface area contributed by atoms with Crippen molar-refractivity contribution in [2.24, 2.45) is 5.41 Å². The van der Waals surface area contributed by atoms with E-state index in [4.69, 9.17) is 4.74 Å². The summed E-state index contributed by atoms with van der Waals surface area (Å²) in [5.74, 6) is 0. The van der Waals surface area contributed by atoms with E-state index in [2.05, 4.69) is 33.0 Å². The van der Waals surface area contributed by atoms with Gasteiger partial charge < -0.3 is 4.74 Å². The number of rotatable bonds is 1. The van der Waals surface area contributed by atoms with Crippen LogP contribution >= 0.6 is 0 Å². The molecule has 1 aliphatic carbocycles. The molecule has 0 aromatic rings. The average Bonchev–Trinajstić information content (AvgIpc) is 2.50. The van der Waals surface area contributed by atoms with Crippen LogP contribution in [0.5, 0.6) is 0 Å². The molecule has 2 fully saturated rings. The lowest BCUT2D eigenvalue weighted by Gasteiger charge is -2.35. The lowest BCUT2D eigenvalue weighted by molar-refractivity contribution is -0.0636. The minimum absolute atomic E-state index is 0.0174. The maximum Gasteiger partial charge on any atom is 0.125 e. The monoisotopic (exact) mass is 183 g/mol. The summed E-state index contributed by atoms with van der Waals surface area (Å²) < 4.78 is 5.91. The zero-order valence-electron chi connectivity index (χ0n) is 9.24. The predicted molar refractivity (Wildman–Crippen MR) is 53.5 cm³/mol. The maximum absolute atomic E-state index is 5.91. The summed E-state index contributed by atoms with van der Waals surface area (Å²) >= 11 is 0. The van der Waals surface area contributed by atoms with Crippen molar-refractivity contribution in [2.45, 2.75) is 58.2 Å². The highest BCUT2D eigenvalue weighted by Crippen LogP contribution is 2.62. The van der Waals surface area contributed by atoms with E-state index in [1.54, 1.807) is 0 Å². The van der Waals surface area contributed by atoms with Gasteiger partial charge in [-0.05, 0) is 40.0 Å². The Labute approximate surface area is 81.0 Å². The highest BCUT2D eigenvalue weighted by Gasteiger charge is 2.67. The van der Waals surface area contributed by atoms with Crippen molar-refractivity contribution in [2.75, 3.05) is 6.61 Å². The second-order valence-electron chi connectivity index (χ2n) is 5.89. The van der Waals surface area contributed by atoms with Crippen molar-refractivity contribution in [1.29, 1.82) is 0 Å². The molecule has 0 bridgehead atoms. The van der Waals surface area contributed by atoms with Gasteiger partial charge in [-0.15, -0.1) is 0 Å². The van der Waals surface area contributed by atoms with Crippen LogP contribution in [-0.4, -0.2) is 17.9 Å². The molecule has 0 spiro atoms. The van der Waals surface area contributed by atoms with Gasteiger partial charge in [-0.3, -0.25) is 5.32 Å². The van der Waals surface area contributed by atoms with E-state index in [0.29, 0.717) is 5.41 Å². The van der Waals surface area contributed by atoms with Gasteiger partial charge in [-0.1, -0.05) is 6.92 Å². The molecule has 1 N–H and O–H groups in total. The Morgan fingerprint density at radius 3 is 2.54 bits per heavy atom. The molecule has 2 rings (SSSR count). The maximum atomic E-state index is 5.91. The molecule has 0 aromatic heterocycles. The van der Waals surface area contributed by atoms with Crippen molar-refractivity contribution < 1.29 is 4.74 Å². The first-order chi connectivity index (χ1) is 5.87. The summed E-state index contributed by atoms with van der Waals surface area (Å²) in [4.78, 5) is 0. The zero-order chi connectivity index (χ0) is 9.74. The topological polar surface area (TPSA) is 21.3 Å². The van der Waals surface area contributed by atoms with Gasteiger partial charge in [0.2, 0.25) is 0 Å². The number of nitrogens with one attached hydrogen (secondary N) is 1. The van der Waals surface area contributed by atoms with Crippen LogP contribution in [-0.2, 0) is 4.74 Å². The molecule has 76 valence electrons. The lowest BCUT2D eigenvalue weighted by Crippen LogP contribution is -2.51. The minimum Gasteiger partial charge on any atom is -0.360 e. The second-order valence-corrected chi connectivity index (χ2v) is 5.89. The third-order valence-electron chi connectivity index (χ3n) is 3.29. The van der Waals surface area contributed by atoms with E-state index in [9.17, 15) is 0 Å². The van der Waals surface area contributed by atoms with Gasteiger partial charge in [0.05, 0.1) is 0 Å². The molecule has 2 nitrogen and oxygen atoms in total. The molecule has 1 saturated heterocycles. The molecule has 1 heterocycles. The SMILES string of the molecule is CC(C)(C)N[C@@]12C[C@]1(C)CCCO2. The molecule has 1 aliphatic heterocycles. The van der Waals surface area contributed by atoms with Gasteiger partial charge in [0.25, 0.3) is 0 Å². The van der Waals surface area contributed by atoms with Crippen molar-refractivity contribution in [3.63, 3.8) is 0 Å². The predicted octanol–water partition coefficient (Wildman–Crippen LogP) is 2.29. The van der Waals surface area contributed by atoms with Crippen molar-refractivity contribution in [3.05, 3.63) is 0 Å². The molecule has 0 radical (unpaired) electrons. The van der Waals surface area contributed by atoms with Crippen LogP contribution in [0, 0.1) is 5.41 Å². The fraction of sp³-hybridized carbons (Fsp3) is 1.00. The Morgan fingerprint density at radius 1 is 1.31 bits per heavy atom. The van der Waals surface area contributed by atoms with Crippen molar-refractivity contribution in [3.8, 4) is 0 Å². The van der Waals surface area contributed by atoms with E-state index >= 15 is 0 Å². The molecule has 0 aromatic carbocycles. The lowest BCUT2D eigenvalue weighted by atomic mass is 9.97. The van der Waals surface area contributed by atoms with Gasteiger partial charge in [-0.25, -0.2) is 0 Å². The smallest absolute Gasteiger partial charge is 0.125 e. The highest BCUT2D eigenvalue weighted by molar-refractivity contribution is 5.16. The minimum atomic E-state index is 0.0174. The molecular formula is C11H21NO. The molecular weight excluding hydrogens is 162 g/mol. The summed E-state index contributed by atoms with van der Waals surface area (Å²) in [6.07, 6.45) is 3.73. The molecule has 0 amide bonds. The summed E-state index contributed by atoms with van der Waals surface area (Å²) in [7, 11) is 0. The largest absolute Gasteiger partial charge is 0.360 e. The van der Waals surface area contributed by atoms with Crippen LogP contribution in [0.3, 0.4) is 0 Å². The van der Waals surface area contributed by atoms with E-state index in [-0.39, 0.29) is 11.3 Å². The first kappa shape index (κ1) is 9.47. The number of hydrogen-bond acceptors (Lipinski definition) is 2. The van der Waals surface area contributed by atoms with E-state index < -0.39 is 0 Å². The fourth-order valence-electron chi connectivity index (χ4n) is 2.57. The third kappa shape index (κ3) is 1.50. The quantitative estimate of drug-likeness (QED) is 0.673. The van der Waals surface area contributed by atoms with Gasteiger partial charge in [0.1, 0.15) is 5.72 Å². The first-order valence-corrected chi connectivity index (χ1v) is 5.30. The Bertz CT molecular complexity index is 217. The van der Waals surface area contributed by atoms with Gasteiger partial charge in [-0.2, -0.15) is 0 Å². The van der Waals surface area contributed by atoms with Gasteiger partial charge in [0, 0.05) is 17.6 Å². The molecule has 2 heteroatoms. The van der Waals surface area contributed by atoms with Crippen LogP contribution in [0.1, 0.15) is 47.0 Å². The Kier molecular flexibility index (Phi) is 1.81. The Balaban J connectivity index is 2.06. The van der Waals surface area contributed by atoms with E-state index in [0.717, 1.165) is 6.61 Å². The molecule has 2 aliphatic rings. The third-order valence-corrected chi connectivity index (χ3v) is 3.29. The molecule has 2 atom stereocenters. The molecule has 0 unspecified atom stereocenters. The average molecular weight is 183 g/mol. The normalized spacial score (nSPS) is 44.3. The summed E-state index contributed by atoms with van der Waals surface area (Å²) in [5, 5.41) is 3.63. The van der Waals surface area contributed by atoms with Crippen LogP contribution in [0.25, 0.3) is 0 Å². The van der Waals surface area contributed by atoms with Crippen LogP contribution in [0.2, 0.25) is 0 Å². The van der Waals surface area contributed by atoms with Crippen LogP contribution in [0.15, 0.2) is 0 Å². The number of fused-ring (bicyclic) bond motifs is 1. The Morgan fingerprint density at radius 2 is 2.00 bits per heavy atom. The van der Waals surface area contributed by atoms with Gasteiger partial charge in [0.15, 0.2) is 0 Å². The van der Waals surface area contributed by atoms with Crippen LogP contribution in [0.4, 0.5) is 0 Å². The summed E-state index contributed by atoms with van der Waals surface area (Å²) in [6.45, 7) is 9.89. The standard InChI is InChI=1S/C11H21NO/c1-9(2,3)12-11-8-10(11,4)6-5-7-13-11/h12H,5-8H2,1-4H3/t10-,11+/m0/s1. The fourth-order valence-corrected chi connectivity index (χ4v) is 2.57. The van der Waals surface area contributed by atoms with Crippen LogP contribution < -0.4 is 5.32 Å². The number of hydrogen-bond donors (Lipinski definition) is 1. The Hall–Kier alpha value is -0.0800. The van der Waals surface area contributed by atoms with E-state index in [1.807, 2.05) is 0 Å². The first-order valence-electron chi connectivity index (χ1n) is 5.30. The number of ether oxygens (including phenoxy) is 1. The summed E-state index contributed by atoms with van der Waals surface area (Å²) in [6, 6.07) is 0. The molecule has 13 heavy (non-hydrogen) atoms. The highest BCUT2D eigenvalue weighted by atomic mass is 16.5. The summed E-state index contributed by atoms with van der Waals surface area (Å²) in [5.41, 5.74) is 0.594. The van der Waals surface area contributed by atoms with Gasteiger partial charge >= 0.3 is 0 Å².